The molecule has 1 atom stereocenters. The van der Waals surface area contributed by atoms with Crippen LogP contribution in [0.1, 0.15) is 76.6 Å². The van der Waals surface area contributed by atoms with E-state index in [1.54, 1.807) is 40.9 Å². The first-order chi connectivity index (χ1) is 24.0. The van der Waals surface area contributed by atoms with E-state index in [0.29, 0.717) is 30.4 Å². The molecule has 1 aliphatic rings. The molecule has 0 spiro atoms. The lowest BCUT2D eigenvalue weighted by molar-refractivity contribution is -0.146. The van der Waals surface area contributed by atoms with Gasteiger partial charge in [0.05, 0.1) is 10.5 Å². The minimum atomic E-state index is -3.93. The summed E-state index contributed by atoms with van der Waals surface area (Å²) in [5.41, 5.74) is 4.62. The Hall–Kier alpha value is -4.40. The molecule has 2 aromatic carbocycles. The van der Waals surface area contributed by atoms with Gasteiger partial charge in [-0.2, -0.15) is 0 Å². The van der Waals surface area contributed by atoms with Crippen LogP contribution in [0.4, 0.5) is 0 Å². The average Bonchev–Trinajstić information content (AvgIpc) is 3.59. The smallest absolute Gasteiger partial charge is 0.329 e. The van der Waals surface area contributed by atoms with Gasteiger partial charge in [-0.1, -0.05) is 77.1 Å². The van der Waals surface area contributed by atoms with E-state index in [-0.39, 0.29) is 24.0 Å². The number of nitroso groups, excluding NO2 is 1. The van der Waals surface area contributed by atoms with Gasteiger partial charge in [0.2, 0.25) is 9.84 Å². The summed E-state index contributed by atoms with van der Waals surface area (Å²) in [5, 5.41) is 3.25. The van der Waals surface area contributed by atoms with Gasteiger partial charge in [0.15, 0.2) is 13.2 Å². The molecule has 0 aromatic heterocycles. The van der Waals surface area contributed by atoms with Crippen molar-refractivity contribution >= 4 is 33.5 Å². The predicted octanol–water partition coefficient (Wildman–Crippen LogP) is 8.40. The molecular weight excluding hydrogens is 673 g/mol. The molecule has 266 valence electrons. The van der Waals surface area contributed by atoms with Crippen LogP contribution in [0.5, 0.6) is 0 Å². The van der Waals surface area contributed by atoms with Gasteiger partial charge in [0.25, 0.3) is 11.8 Å². The number of allylic oxidation sites excluding steroid dienone is 5. The predicted molar refractivity (Wildman–Crippen MR) is 199 cm³/mol. The zero-order chi connectivity index (χ0) is 36.4. The molecule has 2 aromatic rings. The topological polar surface area (TPSA) is 119 Å². The Balaban J connectivity index is 1.49. The van der Waals surface area contributed by atoms with Crippen molar-refractivity contribution in [3.05, 3.63) is 111 Å². The summed E-state index contributed by atoms with van der Waals surface area (Å²) in [6, 6.07) is 14.3. The highest BCUT2D eigenvalue weighted by atomic mass is 32.2. The second-order valence-electron chi connectivity index (χ2n) is 12.1. The number of hydrogen-bond acceptors (Lipinski definition) is 9. The second kappa shape index (κ2) is 21.0. The maximum atomic E-state index is 13.6. The Labute approximate surface area is 300 Å². The monoisotopic (exact) mass is 718 g/mol. The Morgan fingerprint density at radius 1 is 0.900 bits per heavy atom. The van der Waals surface area contributed by atoms with Crippen molar-refractivity contribution in [3.63, 3.8) is 0 Å². The van der Waals surface area contributed by atoms with Crippen molar-refractivity contribution in [1.82, 2.24) is 4.90 Å². The van der Waals surface area contributed by atoms with E-state index < -0.39 is 27.7 Å². The molecule has 0 N–H and O–H groups in total. The van der Waals surface area contributed by atoms with Crippen LogP contribution in [0.25, 0.3) is 0 Å². The molecule has 0 aliphatic carbocycles. The molecule has 1 saturated heterocycles. The van der Waals surface area contributed by atoms with Gasteiger partial charge in [-0.25, -0.2) is 13.2 Å². The standard InChI is InChI=1S/C39H46N2O7S2/c1-30(2)15-12-16-31(3)17-13-18-32(4)24-28-49-36-23-9-8-21-34(36)38(42)41-25-14-22-35(41)39(43)48-27-11-10-26-47-37(40-44)29-50(45,46)33-19-6-5-7-20-33/h5-9,15,17,19-21,23-24,29,35H,12-14,16,18,22,25-28H2,1-4H3/b31-17+,32-24+,37-29?/t35-/m0/s1. The molecule has 9 nitrogen and oxygen atoms in total. The van der Waals surface area contributed by atoms with Gasteiger partial charge >= 0.3 is 5.97 Å². The van der Waals surface area contributed by atoms with Crippen LogP contribution < -0.4 is 0 Å². The molecule has 0 radical (unpaired) electrons. The molecule has 1 amide bonds. The second-order valence-corrected chi connectivity index (χ2v) is 14.9. The fourth-order valence-corrected chi connectivity index (χ4v) is 7.18. The third kappa shape index (κ3) is 13.5. The van der Waals surface area contributed by atoms with Crippen LogP contribution in [0.3, 0.4) is 0 Å². The Morgan fingerprint density at radius 2 is 1.54 bits per heavy atom. The summed E-state index contributed by atoms with van der Waals surface area (Å²) in [6.07, 6.45) is 12.1. The van der Waals surface area contributed by atoms with E-state index in [4.69, 9.17) is 9.47 Å². The van der Waals surface area contributed by atoms with E-state index >= 15 is 0 Å². The minimum absolute atomic E-state index is 0.0114. The van der Waals surface area contributed by atoms with Crippen molar-refractivity contribution in [1.29, 1.82) is 0 Å². The van der Waals surface area contributed by atoms with Gasteiger partial charge in [-0.3, -0.25) is 4.79 Å². The van der Waals surface area contributed by atoms with Gasteiger partial charge < -0.3 is 14.4 Å². The zero-order valence-corrected chi connectivity index (χ0v) is 30.9. The molecule has 3 rings (SSSR count). The number of nitrogens with zero attached hydrogens (tertiary/aromatic N) is 2. The molecule has 0 unspecified atom stereocenters. The summed E-state index contributed by atoms with van der Waals surface area (Å²) in [5.74, 6) is 4.49. The van der Waals surface area contributed by atoms with E-state index in [1.165, 1.54) is 28.9 Å². The first-order valence-electron chi connectivity index (χ1n) is 16.6. The number of hydrogen-bond donors (Lipinski definition) is 0. The van der Waals surface area contributed by atoms with E-state index in [9.17, 15) is 22.9 Å². The number of thioether (sulfide) groups is 1. The Bertz CT molecular complexity index is 1760. The average molecular weight is 719 g/mol. The number of amides is 1. The summed E-state index contributed by atoms with van der Waals surface area (Å²) in [4.78, 5) is 40.1. The van der Waals surface area contributed by atoms with Crippen LogP contribution >= 0.6 is 11.8 Å². The number of benzene rings is 2. The number of likely N-dealkylation sites (tertiary alicyclic amines) is 1. The molecule has 0 saturated carbocycles. The normalized spacial score (nSPS) is 15.2. The van der Waals surface area contributed by atoms with Crippen LogP contribution in [0, 0.1) is 16.7 Å². The van der Waals surface area contributed by atoms with Gasteiger partial charge in [0.1, 0.15) is 11.4 Å². The van der Waals surface area contributed by atoms with Crippen LogP contribution in [-0.2, 0) is 24.1 Å². The van der Waals surface area contributed by atoms with Crippen molar-refractivity contribution < 1.29 is 27.5 Å². The highest BCUT2D eigenvalue weighted by Gasteiger charge is 2.36. The number of ether oxygens (including phenoxy) is 2. The SMILES string of the molecule is CC(C)=CCC/C(C)=C/CC/C(C)=C/CSc1ccccc1C(=O)N1CCC[C@H]1C(=O)OCC#CCOC(=CS(=O)(=O)c1ccccc1)N=O. The van der Waals surface area contributed by atoms with E-state index in [1.807, 2.05) is 18.2 Å². The number of rotatable bonds is 17. The lowest BCUT2D eigenvalue weighted by Gasteiger charge is -2.24. The fourth-order valence-electron chi connectivity index (χ4n) is 5.10. The van der Waals surface area contributed by atoms with Crippen LogP contribution in [0.2, 0.25) is 0 Å². The summed E-state index contributed by atoms with van der Waals surface area (Å²) in [6.45, 7) is 8.41. The quantitative estimate of drug-likeness (QED) is 0.0400. The molecule has 1 aliphatic heterocycles. The van der Waals surface area contributed by atoms with Gasteiger partial charge in [-0.15, -0.1) is 16.7 Å². The number of sulfone groups is 1. The lowest BCUT2D eigenvalue weighted by Crippen LogP contribution is -2.41. The van der Waals surface area contributed by atoms with Crippen LogP contribution in [-0.4, -0.2) is 56.7 Å². The Morgan fingerprint density at radius 3 is 2.24 bits per heavy atom. The van der Waals surface area contributed by atoms with E-state index in [2.05, 4.69) is 62.9 Å². The molecule has 11 heteroatoms. The molecule has 1 fully saturated rings. The fraction of sp³-hybridized carbons (Fsp3) is 0.385. The Kier molecular flexibility index (Phi) is 16.8. The molecule has 50 heavy (non-hydrogen) atoms. The van der Waals surface area contributed by atoms with Crippen molar-refractivity contribution in [3.8, 4) is 11.8 Å². The first kappa shape index (κ1) is 40.0. The summed E-state index contributed by atoms with van der Waals surface area (Å²) in [7, 11) is -3.93. The highest BCUT2D eigenvalue weighted by Crippen LogP contribution is 2.28. The zero-order valence-electron chi connectivity index (χ0n) is 29.2. The van der Waals surface area contributed by atoms with Crippen molar-refractivity contribution in [2.24, 2.45) is 5.18 Å². The van der Waals surface area contributed by atoms with Crippen molar-refractivity contribution in [2.45, 2.75) is 82.1 Å². The lowest BCUT2D eigenvalue weighted by atomic mass is 10.1. The maximum Gasteiger partial charge on any atom is 0.329 e. The molecule has 0 bridgehead atoms. The number of esters is 1. The van der Waals surface area contributed by atoms with E-state index in [0.717, 1.165) is 36.3 Å². The maximum absolute atomic E-state index is 13.6. The number of carbonyl (C=O) groups is 2. The van der Waals surface area contributed by atoms with Crippen molar-refractivity contribution in [2.75, 3.05) is 25.5 Å². The third-order valence-corrected chi connectivity index (χ3v) is 10.3. The summed E-state index contributed by atoms with van der Waals surface area (Å²) >= 11 is 1.60. The minimum Gasteiger partial charge on any atom is -0.462 e. The molecular formula is C39H46N2O7S2. The number of carbonyl (C=O) groups excluding carboxylic acids is 2. The largest absolute Gasteiger partial charge is 0.462 e. The molecule has 1 heterocycles. The first-order valence-corrected chi connectivity index (χ1v) is 19.1. The highest BCUT2D eigenvalue weighted by molar-refractivity contribution is 7.99. The third-order valence-electron chi connectivity index (χ3n) is 7.82. The van der Waals surface area contributed by atoms with Gasteiger partial charge in [-0.05, 0) is 90.5 Å². The van der Waals surface area contributed by atoms with Crippen LogP contribution in [0.15, 0.2) is 116 Å². The van der Waals surface area contributed by atoms with Gasteiger partial charge in [0, 0.05) is 22.4 Å². The summed E-state index contributed by atoms with van der Waals surface area (Å²) < 4.78 is 35.2.